The lowest BCUT2D eigenvalue weighted by Crippen LogP contribution is -2.46. The van der Waals surface area contributed by atoms with E-state index in [-0.39, 0.29) is 5.24 Å². The number of carbonyl (C=O) groups is 1. The Morgan fingerprint density at radius 1 is 1.09 bits per heavy atom. The minimum atomic E-state index is 0.161. The van der Waals surface area contributed by atoms with Crippen molar-refractivity contribution in [1.29, 1.82) is 0 Å². The zero-order chi connectivity index (χ0) is 14.8. The highest BCUT2D eigenvalue weighted by atomic mass is 35.5. The van der Waals surface area contributed by atoms with Crippen LogP contribution in [0.5, 0.6) is 0 Å². The summed E-state index contributed by atoms with van der Waals surface area (Å²) < 4.78 is 0. The Morgan fingerprint density at radius 2 is 1.86 bits per heavy atom. The first-order valence-electron chi connectivity index (χ1n) is 8.09. The number of amides is 1. The fourth-order valence-electron chi connectivity index (χ4n) is 5.26. The molecule has 0 spiro atoms. The van der Waals surface area contributed by atoms with Crippen LogP contribution in [0.15, 0.2) is 24.3 Å². The SMILES string of the molecule is O=C1NC2SC3C4CCC(C4)C3C(c3ccc(Cl)cc3)C2S1. The monoisotopic (exact) mass is 351 g/mol. The van der Waals surface area contributed by atoms with Crippen LogP contribution in [0.1, 0.15) is 30.7 Å². The molecule has 2 aliphatic carbocycles. The number of hydrogen-bond acceptors (Lipinski definition) is 3. The van der Waals surface area contributed by atoms with E-state index in [2.05, 4.69) is 29.2 Å². The van der Waals surface area contributed by atoms with E-state index in [1.54, 1.807) is 0 Å². The summed E-state index contributed by atoms with van der Waals surface area (Å²) in [6, 6.07) is 8.38. The summed E-state index contributed by atoms with van der Waals surface area (Å²) in [7, 11) is 0. The molecule has 1 aromatic rings. The van der Waals surface area contributed by atoms with Gasteiger partial charge in [-0.1, -0.05) is 35.5 Å². The predicted octanol–water partition coefficient (Wildman–Crippen LogP) is 4.74. The van der Waals surface area contributed by atoms with E-state index in [9.17, 15) is 4.79 Å². The summed E-state index contributed by atoms with van der Waals surface area (Å²) in [4.78, 5) is 12.0. The number of hydrogen-bond donors (Lipinski definition) is 1. The lowest BCUT2D eigenvalue weighted by molar-refractivity contribution is 0.257. The maximum Gasteiger partial charge on any atom is 0.280 e. The summed E-state index contributed by atoms with van der Waals surface area (Å²) in [5, 5.41) is 5.56. The van der Waals surface area contributed by atoms with Crippen LogP contribution in [-0.2, 0) is 0 Å². The molecule has 5 heteroatoms. The molecule has 7 unspecified atom stereocenters. The molecule has 2 aliphatic heterocycles. The summed E-state index contributed by atoms with van der Waals surface area (Å²) >= 11 is 9.67. The van der Waals surface area contributed by atoms with E-state index in [0.29, 0.717) is 16.5 Å². The van der Waals surface area contributed by atoms with Gasteiger partial charge in [-0.25, -0.2) is 0 Å². The van der Waals surface area contributed by atoms with Crippen LogP contribution in [0.3, 0.4) is 0 Å². The van der Waals surface area contributed by atoms with Gasteiger partial charge in [-0.3, -0.25) is 4.79 Å². The van der Waals surface area contributed by atoms with Crippen molar-refractivity contribution < 1.29 is 4.79 Å². The Labute approximate surface area is 144 Å². The largest absolute Gasteiger partial charge is 0.334 e. The molecule has 7 atom stereocenters. The van der Waals surface area contributed by atoms with Crippen LogP contribution in [0.2, 0.25) is 5.02 Å². The van der Waals surface area contributed by atoms with Gasteiger partial charge in [0.05, 0.1) is 10.6 Å². The molecule has 2 heterocycles. The number of rotatable bonds is 1. The average Bonchev–Trinajstić information content (AvgIpc) is 3.19. The summed E-state index contributed by atoms with van der Waals surface area (Å²) in [5.41, 5.74) is 1.38. The Morgan fingerprint density at radius 3 is 2.68 bits per heavy atom. The summed E-state index contributed by atoms with van der Waals surface area (Å²) in [6.45, 7) is 0. The second-order valence-electron chi connectivity index (χ2n) is 7.02. The van der Waals surface area contributed by atoms with Crippen molar-refractivity contribution in [3.63, 3.8) is 0 Å². The Balaban J connectivity index is 1.58. The fourth-order valence-corrected chi connectivity index (χ4v) is 8.82. The van der Waals surface area contributed by atoms with Crippen molar-refractivity contribution in [2.75, 3.05) is 0 Å². The van der Waals surface area contributed by atoms with E-state index in [1.165, 1.54) is 36.6 Å². The molecule has 2 saturated heterocycles. The minimum Gasteiger partial charge on any atom is -0.334 e. The quantitative estimate of drug-likeness (QED) is 0.792. The molecule has 1 amide bonds. The molecule has 5 rings (SSSR count). The van der Waals surface area contributed by atoms with Gasteiger partial charge in [0.1, 0.15) is 0 Å². The molecule has 1 N–H and O–H groups in total. The molecule has 2 nitrogen and oxygen atoms in total. The van der Waals surface area contributed by atoms with Crippen molar-refractivity contribution in [2.24, 2.45) is 17.8 Å². The van der Waals surface area contributed by atoms with E-state index in [0.717, 1.165) is 28.0 Å². The normalized spacial score (nSPS) is 45.5. The molecule has 2 bridgehead atoms. The van der Waals surface area contributed by atoms with Crippen molar-refractivity contribution in [2.45, 2.75) is 41.1 Å². The highest BCUT2D eigenvalue weighted by molar-refractivity contribution is 8.15. The highest BCUT2D eigenvalue weighted by Gasteiger charge is 2.59. The molecule has 116 valence electrons. The van der Waals surface area contributed by atoms with Crippen molar-refractivity contribution >= 4 is 40.4 Å². The molecular formula is C17H18ClNOS2. The predicted molar refractivity (Wildman–Crippen MR) is 93.6 cm³/mol. The molecule has 1 aromatic carbocycles. The van der Waals surface area contributed by atoms with Crippen LogP contribution < -0.4 is 5.32 Å². The number of thioether (sulfide) groups is 2. The van der Waals surface area contributed by atoms with Crippen LogP contribution in [0.25, 0.3) is 0 Å². The number of fused-ring (bicyclic) bond motifs is 6. The van der Waals surface area contributed by atoms with E-state index in [4.69, 9.17) is 11.6 Å². The minimum absolute atomic E-state index is 0.161. The van der Waals surface area contributed by atoms with Gasteiger partial charge in [0.2, 0.25) is 0 Å². The molecule has 22 heavy (non-hydrogen) atoms. The van der Waals surface area contributed by atoms with Crippen molar-refractivity contribution in [1.82, 2.24) is 5.32 Å². The maximum atomic E-state index is 12.0. The van der Waals surface area contributed by atoms with E-state index < -0.39 is 0 Å². The lowest BCUT2D eigenvalue weighted by atomic mass is 9.73. The second kappa shape index (κ2) is 5.09. The maximum absolute atomic E-state index is 12.0. The molecule has 0 radical (unpaired) electrons. The first-order valence-corrected chi connectivity index (χ1v) is 10.3. The van der Waals surface area contributed by atoms with Gasteiger partial charge in [0, 0.05) is 16.2 Å². The third kappa shape index (κ3) is 1.99. The first-order chi connectivity index (χ1) is 10.7. The average molecular weight is 352 g/mol. The molecule has 0 aromatic heterocycles. The zero-order valence-corrected chi connectivity index (χ0v) is 14.5. The van der Waals surface area contributed by atoms with Gasteiger partial charge >= 0.3 is 0 Å². The van der Waals surface area contributed by atoms with Crippen LogP contribution in [-0.4, -0.2) is 21.1 Å². The number of benzene rings is 1. The van der Waals surface area contributed by atoms with Crippen LogP contribution >= 0.6 is 35.1 Å². The zero-order valence-electron chi connectivity index (χ0n) is 12.1. The molecule has 4 fully saturated rings. The van der Waals surface area contributed by atoms with Crippen molar-refractivity contribution in [3.05, 3.63) is 34.9 Å². The van der Waals surface area contributed by atoms with Gasteiger partial charge < -0.3 is 5.32 Å². The van der Waals surface area contributed by atoms with Gasteiger partial charge in [-0.05, 0) is 54.7 Å². The number of carbonyl (C=O) groups excluding carboxylic acids is 1. The molecular weight excluding hydrogens is 334 g/mol. The summed E-state index contributed by atoms with van der Waals surface area (Å²) in [5.74, 6) is 2.97. The van der Waals surface area contributed by atoms with Crippen LogP contribution in [0.4, 0.5) is 4.79 Å². The Bertz CT molecular complexity index is 622. The standard InChI is InChI=1S/C17H18ClNOS2/c18-11-5-3-8(4-6-11)12-13-9-1-2-10(7-9)14(13)21-16-15(12)22-17(20)19-16/h3-6,9-10,12-16H,1-2,7H2,(H,19,20). The van der Waals surface area contributed by atoms with Gasteiger partial charge in [-0.15, -0.1) is 11.8 Å². The Kier molecular flexibility index (Phi) is 3.25. The fraction of sp³-hybridized carbons (Fsp3) is 0.588. The number of halogens is 1. The smallest absolute Gasteiger partial charge is 0.280 e. The second-order valence-corrected chi connectivity index (χ2v) is 9.94. The topological polar surface area (TPSA) is 29.1 Å². The summed E-state index contributed by atoms with van der Waals surface area (Å²) in [6.07, 6.45) is 4.19. The number of nitrogens with one attached hydrogen (secondary N) is 1. The third-order valence-electron chi connectivity index (χ3n) is 6.03. The van der Waals surface area contributed by atoms with Crippen LogP contribution in [0, 0.1) is 17.8 Å². The van der Waals surface area contributed by atoms with Crippen molar-refractivity contribution in [3.8, 4) is 0 Å². The lowest BCUT2D eigenvalue weighted by Gasteiger charge is -2.46. The molecule has 4 aliphatic rings. The van der Waals surface area contributed by atoms with E-state index in [1.807, 2.05) is 12.1 Å². The van der Waals surface area contributed by atoms with Gasteiger partial charge in [-0.2, -0.15) is 0 Å². The highest BCUT2D eigenvalue weighted by Crippen LogP contribution is 2.64. The van der Waals surface area contributed by atoms with Gasteiger partial charge in [0.15, 0.2) is 0 Å². The molecule has 2 saturated carbocycles. The van der Waals surface area contributed by atoms with Gasteiger partial charge in [0.25, 0.3) is 5.24 Å². The first kappa shape index (κ1) is 14.1. The van der Waals surface area contributed by atoms with E-state index >= 15 is 0 Å². The Hall–Kier alpha value is -0.320. The third-order valence-corrected chi connectivity index (χ3v) is 9.34.